The summed E-state index contributed by atoms with van der Waals surface area (Å²) in [5.41, 5.74) is 1.22. The molecule has 1 aliphatic heterocycles. The minimum atomic E-state index is -0.467. The van der Waals surface area contributed by atoms with E-state index < -0.39 is 5.97 Å². The highest BCUT2D eigenvalue weighted by molar-refractivity contribution is 7.12. The van der Waals surface area contributed by atoms with Crippen LogP contribution in [0.4, 0.5) is 0 Å². The summed E-state index contributed by atoms with van der Waals surface area (Å²) in [7, 11) is 0. The summed E-state index contributed by atoms with van der Waals surface area (Å²) in [6.07, 6.45) is 1.59. The fourth-order valence-electron chi connectivity index (χ4n) is 2.24. The van der Waals surface area contributed by atoms with Gasteiger partial charge in [-0.1, -0.05) is 36.4 Å². The minimum absolute atomic E-state index is 0.238. The number of nitrogens with zero attached hydrogens (tertiary/aromatic N) is 1. The third-order valence-electron chi connectivity index (χ3n) is 3.32. The van der Waals surface area contributed by atoms with E-state index >= 15 is 0 Å². The second-order valence-corrected chi connectivity index (χ2v) is 5.83. The van der Waals surface area contributed by atoms with Gasteiger partial charge in [0.25, 0.3) is 0 Å². The first kappa shape index (κ1) is 13.7. The SMILES string of the molecule is O=C1OC(c2cccs2)=N/C1=C\c1ccc(-c2ccccc2)o1. The first-order valence-corrected chi connectivity index (χ1v) is 7.89. The molecule has 0 unspecified atom stereocenters. The maximum atomic E-state index is 11.9. The van der Waals surface area contributed by atoms with Crippen LogP contribution in [0.2, 0.25) is 0 Å². The molecule has 0 bridgehead atoms. The molecule has 0 radical (unpaired) electrons. The molecule has 4 rings (SSSR count). The molecule has 2 aromatic heterocycles. The fourth-order valence-corrected chi connectivity index (χ4v) is 2.89. The Hall–Kier alpha value is -2.92. The Labute approximate surface area is 136 Å². The molecular formula is C18H11NO3S. The molecule has 3 heterocycles. The van der Waals surface area contributed by atoms with E-state index in [1.165, 1.54) is 11.3 Å². The molecule has 3 aromatic rings. The topological polar surface area (TPSA) is 51.8 Å². The van der Waals surface area contributed by atoms with Crippen molar-refractivity contribution < 1.29 is 13.9 Å². The largest absolute Gasteiger partial charge is 0.457 e. The normalized spacial score (nSPS) is 15.7. The predicted molar refractivity (Wildman–Crippen MR) is 89.1 cm³/mol. The van der Waals surface area contributed by atoms with Gasteiger partial charge in [-0.15, -0.1) is 11.3 Å². The van der Waals surface area contributed by atoms with E-state index in [9.17, 15) is 4.79 Å². The average Bonchev–Trinajstić information content (AvgIpc) is 3.31. The van der Waals surface area contributed by atoms with E-state index in [2.05, 4.69) is 4.99 Å². The number of hydrogen-bond acceptors (Lipinski definition) is 5. The Morgan fingerprint density at radius 2 is 1.87 bits per heavy atom. The summed E-state index contributed by atoms with van der Waals surface area (Å²) in [4.78, 5) is 17.0. The maximum absolute atomic E-state index is 11.9. The number of rotatable bonds is 3. The quantitative estimate of drug-likeness (QED) is 0.532. The van der Waals surface area contributed by atoms with Crippen molar-refractivity contribution in [1.82, 2.24) is 0 Å². The summed E-state index contributed by atoms with van der Waals surface area (Å²) >= 11 is 1.47. The molecule has 112 valence electrons. The van der Waals surface area contributed by atoms with Gasteiger partial charge >= 0.3 is 5.97 Å². The summed E-state index contributed by atoms with van der Waals surface area (Å²) < 4.78 is 10.9. The van der Waals surface area contributed by atoms with Crippen LogP contribution in [0.3, 0.4) is 0 Å². The van der Waals surface area contributed by atoms with Crippen molar-refractivity contribution in [2.75, 3.05) is 0 Å². The molecule has 0 saturated carbocycles. The van der Waals surface area contributed by atoms with Crippen LogP contribution in [0, 0.1) is 0 Å². The number of esters is 1. The number of cyclic esters (lactones) is 1. The van der Waals surface area contributed by atoms with Crippen molar-refractivity contribution in [3.8, 4) is 11.3 Å². The standard InChI is InChI=1S/C18H11NO3S/c20-18-14(19-17(22-18)16-7-4-10-23-16)11-13-8-9-15(21-13)12-5-2-1-3-6-12/h1-11H/b14-11-. The van der Waals surface area contributed by atoms with Gasteiger partial charge in [0.15, 0.2) is 5.70 Å². The van der Waals surface area contributed by atoms with Gasteiger partial charge in [0, 0.05) is 11.6 Å². The van der Waals surface area contributed by atoms with Gasteiger partial charge in [-0.2, -0.15) is 0 Å². The lowest BCUT2D eigenvalue weighted by Gasteiger charge is -1.94. The smallest absolute Gasteiger partial charge is 0.363 e. The van der Waals surface area contributed by atoms with Crippen molar-refractivity contribution in [1.29, 1.82) is 0 Å². The van der Waals surface area contributed by atoms with Crippen LogP contribution in [0.1, 0.15) is 10.6 Å². The Kier molecular flexibility index (Phi) is 3.40. The van der Waals surface area contributed by atoms with Gasteiger partial charge in [0.05, 0.1) is 4.88 Å². The van der Waals surface area contributed by atoms with Crippen LogP contribution < -0.4 is 0 Å². The van der Waals surface area contributed by atoms with Crippen molar-refractivity contribution in [2.45, 2.75) is 0 Å². The van der Waals surface area contributed by atoms with E-state index in [1.807, 2.05) is 53.9 Å². The van der Waals surface area contributed by atoms with E-state index in [1.54, 1.807) is 12.1 Å². The van der Waals surface area contributed by atoms with Gasteiger partial charge in [-0.3, -0.25) is 0 Å². The molecule has 0 atom stereocenters. The lowest BCUT2D eigenvalue weighted by molar-refractivity contribution is -0.129. The highest BCUT2D eigenvalue weighted by atomic mass is 32.1. The lowest BCUT2D eigenvalue weighted by Crippen LogP contribution is -2.03. The molecule has 0 spiro atoms. The van der Waals surface area contributed by atoms with Crippen molar-refractivity contribution in [3.05, 3.63) is 76.3 Å². The number of carbonyl (C=O) groups is 1. The second-order valence-electron chi connectivity index (χ2n) is 4.88. The Morgan fingerprint density at radius 1 is 1.00 bits per heavy atom. The summed E-state index contributed by atoms with van der Waals surface area (Å²) in [6.45, 7) is 0. The molecule has 1 aliphatic rings. The Balaban J connectivity index is 1.63. The maximum Gasteiger partial charge on any atom is 0.363 e. The van der Waals surface area contributed by atoms with Crippen LogP contribution in [0.5, 0.6) is 0 Å². The number of aliphatic imine (C=N–C) groups is 1. The van der Waals surface area contributed by atoms with E-state index in [4.69, 9.17) is 9.15 Å². The third kappa shape index (κ3) is 2.74. The van der Waals surface area contributed by atoms with Crippen molar-refractivity contribution in [2.24, 2.45) is 4.99 Å². The van der Waals surface area contributed by atoms with Crippen LogP contribution in [-0.4, -0.2) is 11.9 Å². The van der Waals surface area contributed by atoms with Gasteiger partial charge in [0.2, 0.25) is 5.90 Å². The number of hydrogen-bond donors (Lipinski definition) is 0. The number of benzene rings is 1. The zero-order valence-corrected chi connectivity index (χ0v) is 12.7. The van der Waals surface area contributed by atoms with Crippen LogP contribution >= 0.6 is 11.3 Å². The molecule has 5 heteroatoms. The monoisotopic (exact) mass is 321 g/mol. The van der Waals surface area contributed by atoms with E-state index in [0.29, 0.717) is 11.7 Å². The average molecular weight is 321 g/mol. The Morgan fingerprint density at radius 3 is 2.65 bits per heavy atom. The zero-order valence-electron chi connectivity index (χ0n) is 11.9. The van der Waals surface area contributed by atoms with Gasteiger partial charge in [0.1, 0.15) is 11.5 Å². The van der Waals surface area contributed by atoms with E-state index in [0.717, 1.165) is 16.2 Å². The summed E-state index contributed by atoms with van der Waals surface area (Å²) in [6, 6.07) is 17.2. The highest BCUT2D eigenvalue weighted by Gasteiger charge is 2.25. The van der Waals surface area contributed by atoms with E-state index in [-0.39, 0.29) is 5.70 Å². The summed E-state index contributed by atoms with van der Waals surface area (Å²) in [5.74, 6) is 1.18. The van der Waals surface area contributed by atoms with Gasteiger partial charge < -0.3 is 9.15 Å². The third-order valence-corrected chi connectivity index (χ3v) is 4.17. The molecule has 1 aromatic carbocycles. The number of carbonyl (C=O) groups excluding carboxylic acids is 1. The first-order valence-electron chi connectivity index (χ1n) is 7.01. The molecular weight excluding hydrogens is 310 g/mol. The van der Waals surface area contributed by atoms with Crippen molar-refractivity contribution in [3.63, 3.8) is 0 Å². The Bertz CT molecular complexity index is 905. The molecule has 0 saturated heterocycles. The molecule has 23 heavy (non-hydrogen) atoms. The minimum Gasteiger partial charge on any atom is -0.457 e. The molecule has 0 N–H and O–H groups in total. The van der Waals surface area contributed by atoms with Gasteiger partial charge in [-0.25, -0.2) is 9.79 Å². The predicted octanol–water partition coefficient (Wildman–Crippen LogP) is 4.35. The summed E-state index contributed by atoms with van der Waals surface area (Å²) in [5, 5.41) is 1.91. The zero-order chi connectivity index (χ0) is 15.6. The molecule has 0 amide bonds. The number of ether oxygens (including phenoxy) is 1. The van der Waals surface area contributed by atoms with Crippen LogP contribution in [0.15, 0.2) is 75.1 Å². The second kappa shape index (κ2) is 5.70. The first-order chi connectivity index (χ1) is 11.3. The van der Waals surface area contributed by atoms with Crippen molar-refractivity contribution >= 4 is 29.3 Å². The number of thiophene rings is 1. The highest BCUT2D eigenvalue weighted by Crippen LogP contribution is 2.25. The lowest BCUT2D eigenvalue weighted by atomic mass is 10.2. The van der Waals surface area contributed by atoms with Crippen LogP contribution in [0.25, 0.3) is 17.4 Å². The van der Waals surface area contributed by atoms with Gasteiger partial charge in [-0.05, 0) is 23.6 Å². The fraction of sp³-hybridized carbons (Fsp3) is 0. The number of furan rings is 1. The molecule has 4 nitrogen and oxygen atoms in total. The molecule has 0 fully saturated rings. The molecule has 0 aliphatic carbocycles. The van der Waals surface area contributed by atoms with Crippen LogP contribution in [-0.2, 0) is 9.53 Å².